The normalized spacial score (nSPS) is 10.5. The largest absolute Gasteiger partial charge is 0.483 e. The Bertz CT molecular complexity index is 635. The van der Waals surface area contributed by atoms with Crippen LogP contribution in [0.3, 0.4) is 0 Å². The number of benzene rings is 2. The molecule has 2 aromatic carbocycles. The number of carbonyl (C=O) groups excluding carboxylic acids is 1. The number of aryl methyl sites for hydroxylation is 1. The second-order valence-corrected chi connectivity index (χ2v) is 5.54. The van der Waals surface area contributed by atoms with Gasteiger partial charge in [-0.05, 0) is 35.6 Å². The summed E-state index contributed by atoms with van der Waals surface area (Å²) in [4.78, 5) is 12.1. The molecular weight excluding hydrogens is 274 g/mol. The number of hydrogen-bond acceptors (Lipinski definition) is 2. The van der Waals surface area contributed by atoms with Crippen LogP contribution in [0.2, 0.25) is 0 Å². The summed E-state index contributed by atoms with van der Waals surface area (Å²) >= 11 is 0. The third-order valence-corrected chi connectivity index (χ3v) is 3.57. The molecule has 2 rings (SSSR count). The molecule has 0 aromatic heterocycles. The number of ether oxygens (including phenoxy) is 1. The molecule has 0 aliphatic carbocycles. The molecule has 0 atom stereocenters. The van der Waals surface area contributed by atoms with Crippen molar-refractivity contribution in [3.8, 4) is 5.75 Å². The minimum atomic E-state index is -0.139. The van der Waals surface area contributed by atoms with E-state index in [-0.39, 0.29) is 12.5 Å². The summed E-state index contributed by atoms with van der Waals surface area (Å²) in [6, 6.07) is 15.7. The van der Waals surface area contributed by atoms with Crippen molar-refractivity contribution in [2.24, 2.45) is 0 Å². The standard InChI is InChI=1S/C19H23NO2/c1-4-15-9-5-7-11-17(15)20-19(21)13-22-18-12-8-6-10-16(18)14(2)3/h5-12,14H,4,13H2,1-3H3,(H,20,21). The second kappa shape index (κ2) is 7.64. The van der Waals surface area contributed by atoms with Gasteiger partial charge in [0.15, 0.2) is 6.61 Å². The summed E-state index contributed by atoms with van der Waals surface area (Å²) in [6.07, 6.45) is 0.882. The predicted octanol–water partition coefficient (Wildman–Crippen LogP) is 4.39. The lowest BCUT2D eigenvalue weighted by Crippen LogP contribution is -2.21. The smallest absolute Gasteiger partial charge is 0.262 e. The van der Waals surface area contributed by atoms with E-state index in [9.17, 15) is 4.79 Å². The highest BCUT2D eigenvalue weighted by molar-refractivity contribution is 5.92. The molecular formula is C19H23NO2. The fourth-order valence-corrected chi connectivity index (χ4v) is 2.37. The molecule has 0 fully saturated rings. The van der Waals surface area contributed by atoms with Gasteiger partial charge in [-0.2, -0.15) is 0 Å². The topological polar surface area (TPSA) is 38.3 Å². The van der Waals surface area contributed by atoms with Gasteiger partial charge in [0.05, 0.1) is 0 Å². The van der Waals surface area contributed by atoms with Crippen molar-refractivity contribution in [3.05, 3.63) is 59.7 Å². The van der Waals surface area contributed by atoms with Gasteiger partial charge in [-0.15, -0.1) is 0 Å². The van der Waals surface area contributed by atoms with Crippen molar-refractivity contribution < 1.29 is 9.53 Å². The fraction of sp³-hybridized carbons (Fsp3) is 0.316. The molecule has 0 saturated carbocycles. The number of anilines is 1. The first-order valence-corrected chi connectivity index (χ1v) is 7.71. The molecule has 0 bridgehead atoms. The summed E-state index contributed by atoms with van der Waals surface area (Å²) in [5, 5.41) is 2.92. The maximum absolute atomic E-state index is 12.1. The van der Waals surface area contributed by atoms with E-state index in [0.29, 0.717) is 5.92 Å². The van der Waals surface area contributed by atoms with E-state index in [1.165, 1.54) is 0 Å². The average Bonchev–Trinajstić information content (AvgIpc) is 2.53. The van der Waals surface area contributed by atoms with Crippen LogP contribution in [0.15, 0.2) is 48.5 Å². The monoisotopic (exact) mass is 297 g/mol. The highest BCUT2D eigenvalue weighted by atomic mass is 16.5. The van der Waals surface area contributed by atoms with E-state index in [1.54, 1.807) is 0 Å². The van der Waals surface area contributed by atoms with Gasteiger partial charge in [0.1, 0.15) is 5.75 Å². The van der Waals surface area contributed by atoms with Gasteiger partial charge in [-0.25, -0.2) is 0 Å². The molecule has 2 aromatic rings. The first-order valence-electron chi connectivity index (χ1n) is 7.71. The average molecular weight is 297 g/mol. The fourth-order valence-electron chi connectivity index (χ4n) is 2.37. The summed E-state index contributed by atoms with van der Waals surface area (Å²) in [5.74, 6) is 0.996. The molecule has 0 saturated heterocycles. The molecule has 22 heavy (non-hydrogen) atoms. The molecule has 1 N–H and O–H groups in total. The van der Waals surface area contributed by atoms with Crippen molar-refractivity contribution in [2.75, 3.05) is 11.9 Å². The van der Waals surface area contributed by atoms with E-state index >= 15 is 0 Å². The van der Waals surface area contributed by atoms with E-state index in [1.807, 2.05) is 48.5 Å². The lowest BCUT2D eigenvalue weighted by atomic mass is 10.0. The van der Waals surface area contributed by atoms with E-state index in [0.717, 1.165) is 29.0 Å². The van der Waals surface area contributed by atoms with E-state index in [2.05, 4.69) is 26.1 Å². The van der Waals surface area contributed by atoms with Gasteiger partial charge in [-0.1, -0.05) is 57.2 Å². The summed E-state index contributed by atoms with van der Waals surface area (Å²) in [7, 11) is 0. The molecule has 0 spiro atoms. The van der Waals surface area contributed by atoms with Crippen molar-refractivity contribution >= 4 is 11.6 Å². The molecule has 0 heterocycles. The highest BCUT2D eigenvalue weighted by Gasteiger charge is 2.10. The predicted molar refractivity (Wildman–Crippen MR) is 90.5 cm³/mol. The lowest BCUT2D eigenvalue weighted by molar-refractivity contribution is -0.118. The molecule has 3 nitrogen and oxygen atoms in total. The summed E-state index contributed by atoms with van der Waals surface area (Å²) < 4.78 is 5.69. The lowest BCUT2D eigenvalue weighted by Gasteiger charge is -2.14. The maximum atomic E-state index is 12.1. The SMILES string of the molecule is CCc1ccccc1NC(=O)COc1ccccc1C(C)C. The number of rotatable bonds is 6. The van der Waals surface area contributed by atoms with Crippen molar-refractivity contribution in [1.82, 2.24) is 0 Å². The zero-order valence-corrected chi connectivity index (χ0v) is 13.4. The second-order valence-electron chi connectivity index (χ2n) is 5.54. The number of hydrogen-bond donors (Lipinski definition) is 1. The van der Waals surface area contributed by atoms with Crippen LogP contribution in [0.4, 0.5) is 5.69 Å². The Balaban J connectivity index is 1.99. The molecule has 1 amide bonds. The summed E-state index contributed by atoms with van der Waals surface area (Å²) in [6.45, 7) is 6.31. The molecule has 0 aliphatic heterocycles. The Morgan fingerprint density at radius 3 is 2.50 bits per heavy atom. The van der Waals surface area contributed by atoms with Gasteiger partial charge < -0.3 is 10.1 Å². The van der Waals surface area contributed by atoms with E-state index < -0.39 is 0 Å². The zero-order chi connectivity index (χ0) is 15.9. The number of amides is 1. The Kier molecular flexibility index (Phi) is 5.59. The van der Waals surface area contributed by atoms with Crippen molar-refractivity contribution in [1.29, 1.82) is 0 Å². The molecule has 3 heteroatoms. The van der Waals surface area contributed by atoms with Crippen LogP contribution >= 0.6 is 0 Å². The van der Waals surface area contributed by atoms with Crippen LogP contribution in [0.1, 0.15) is 37.8 Å². The minimum absolute atomic E-state index is 0.0157. The van der Waals surface area contributed by atoms with Gasteiger partial charge in [-0.3, -0.25) is 4.79 Å². The van der Waals surface area contributed by atoms with Gasteiger partial charge >= 0.3 is 0 Å². The Labute approximate surface area is 132 Å². The van der Waals surface area contributed by atoms with Crippen LogP contribution in [0, 0.1) is 0 Å². The third-order valence-electron chi connectivity index (χ3n) is 3.57. The van der Waals surface area contributed by atoms with Crippen LogP contribution in [0.5, 0.6) is 5.75 Å². The van der Waals surface area contributed by atoms with Gasteiger partial charge in [0, 0.05) is 5.69 Å². The molecule has 116 valence electrons. The van der Waals surface area contributed by atoms with Gasteiger partial charge in [0.25, 0.3) is 5.91 Å². The zero-order valence-electron chi connectivity index (χ0n) is 13.4. The van der Waals surface area contributed by atoms with Crippen LogP contribution in [-0.2, 0) is 11.2 Å². The first kappa shape index (κ1) is 16.1. The van der Waals surface area contributed by atoms with Crippen molar-refractivity contribution in [2.45, 2.75) is 33.1 Å². The van der Waals surface area contributed by atoms with Crippen LogP contribution < -0.4 is 10.1 Å². The van der Waals surface area contributed by atoms with Crippen molar-refractivity contribution in [3.63, 3.8) is 0 Å². The summed E-state index contributed by atoms with van der Waals surface area (Å²) in [5.41, 5.74) is 3.10. The number of para-hydroxylation sites is 2. The Morgan fingerprint density at radius 1 is 1.09 bits per heavy atom. The molecule has 0 radical (unpaired) electrons. The first-order chi connectivity index (χ1) is 10.6. The number of nitrogens with one attached hydrogen (secondary N) is 1. The number of carbonyl (C=O) groups is 1. The Morgan fingerprint density at radius 2 is 1.77 bits per heavy atom. The van der Waals surface area contributed by atoms with Crippen LogP contribution in [-0.4, -0.2) is 12.5 Å². The molecule has 0 aliphatic rings. The third kappa shape index (κ3) is 4.10. The van der Waals surface area contributed by atoms with Gasteiger partial charge in [0.2, 0.25) is 0 Å². The van der Waals surface area contributed by atoms with Crippen LogP contribution in [0.25, 0.3) is 0 Å². The van der Waals surface area contributed by atoms with E-state index in [4.69, 9.17) is 4.74 Å². The maximum Gasteiger partial charge on any atom is 0.262 e. The Hall–Kier alpha value is -2.29. The minimum Gasteiger partial charge on any atom is -0.483 e. The quantitative estimate of drug-likeness (QED) is 0.858. The molecule has 0 unspecified atom stereocenters. The highest BCUT2D eigenvalue weighted by Crippen LogP contribution is 2.25.